The van der Waals surface area contributed by atoms with Crippen molar-refractivity contribution in [2.24, 2.45) is 0 Å². The first-order valence-corrected chi connectivity index (χ1v) is 17.8. The van der Waals surface area contributed by atoms with E-state index in [0.717, 1.165) is 11.1 Å². The Morgan fingerprint density at radius 2 is 1.50 bits per heavy atom. The van der Waals surface area contributed by atoms with Gasteiger partial charge in [0.15, 0.2) is 28.8 Å². The lowest BCUT2D eigenvalue weighted by molar-refractivity contribution is -0.0725. The third-order valence-electron chi connectivity index (χ3n) is 11.4. The first-order chi connectivity index (χ1) is 26.0. The van der Waals surface area contributed by atoms with Crippen LogP contribution < -0.4 is 29.0 Å². The summed E-state index contributed by atoms with van der Waals surface area (Å²) in [6, 6.07) is 6.90. The molecule has 1 amide bonds. The number of nitrogens with zero attached hydrogens (tertiary/aromatic N) is 3. The molecular weight excluding hydrogens is 696 g/mol. The van der Waals surface area contributed by atoms with E-state index in [9.17, 15) is 20.3 Å². The maximum Gasteiger partial charge on any atom is 0.287 e. The van der Waals surface area contributed by atoms with Crippen molar-refractivity contribution >= 4 is 16.9 Å². The Morgan fingerprint density at radius 3 is 2.11 bits per heavy atom. The highest BCUT2D eigenvalue weighted by atomic mass is 16.5. The fraction of sp³-hybridized carbons (Fsp3) is 0.450. The van der Waals surface area contributed by atoms with E-state index in [1.807, 2.05) is 20.9 Å². The third kappa shape index (κ3) is 5.61. The highest BCUT2D eigenvalue weighted by molar-refractivity contribution is 5.96. The molecular formula is C40H46N4O10. The Labute approximate surface area is 313 Å². The third-order valence-corrected chi connectivity index (χ3v) is 11.4. The molecule has 0 unspecified atom stereocenters. The fourth-order valence-corrected chi connectivity index (χ4v) is 9.16. The minimum Gasteiger partial charge on any atom is -0.504 e. The van der Waals surface area contributed by atoms with Gasteiger partial charge in [-0.2, -0.15) is 5.26 Å². The van der Waals surface area contributed by atoms with Gasteiger partial charge in [-0.05, 0) is 58.0 Å². The molecule has 0 radical (unpaired) electrons. The van der Waals surface area contributed by atoms with Gasteiger partial charge in [0.05, 0.1) is 53.2 Å². The van der Waals surface area contributed by atoms with Crippen molar-refractivity contribution in [3.63, 3.8) is 0 Å². The fourth-order valence-electron chi connectivity index (χ4n) is 9.16. The molecule has 0 saturated carbocycles. The number of ether oxygens (including phenoxy) is 6. The number of benzene rings is 3. The van der Waals surface area contributed by atoms with Gasteiger partial charge in [-0.15, -0.1) is 0 Å². The van der Waals surface area contributed by atoms with E-state index in [1.165, 1.54) is 14.2 Å². The van der Waals surface area contributed by atoms with Gasteiger partial charge in [0.25, 0.3) is 5.91 Å². The van der Waals surface area contributed by atoms with E-state index < -0.39 is 30.1 Å². The van der Waals surface area contributed by atoms with Crippen molar-refractivity contribution in [3.05, 3.63) is 63.4 Å². The highest BCUT2D eigenvalue weighted by Crippen LogP contribution is 2.58. The number of nitrogens with one attached hydrogen (secondary N) is 1. The molecule has 3 N–H and O–H groups in total. The Hall–Kier alpha value is -5.36. The van der Waals surface area contributed by atoms with Crippen molar-refractivity contribution in [2.45, 2.75) is 56.9 Å². The van der Waals surface area contributed by atoms with Crippen LogP contribution in [0, 0.1) is 25.2 Å². The molecule has 3 aliphatic rings. The molecule has 3 aliphatic heterocycles. The van der Waals surface area contributed by atoms with Crippen LogP contribution in [0.15, 0.2) is 28.7 Å². The number of phenolic OH excluding ortho intramolecular Hbond substituents is 2. The van der Waals surface area contributed by atoms with Gasteiger partial charge in [-0.3, -0.25) is 14.6 Å². The average Bonchev–Trinajstić information content (AvgIpc) is 3.59. The minimum atomic E-state index is -0.724. The molecule has 286 valence electrons. The molecule has 1 fully saturated rings. The van der Waals surface area contributed by atoms with E-state index in [4.69, 9.17) is 32.8 Å². The van der Waals surface area contributed by atoms with Crippen LogP contribution in [0.5, 0.6) is 40.2 Å². The SMILES string of the molecule is COCCOc1ccc2oc(C(=O)NC[C@H]3c4c(O)c(OC)c(C)c(OC)c4C[C@H]4[C@H]5c6c(O)c(OC)c(C)c(OC)c6C[C@@H]([C@H](C#N)N34)N5C)cc2c1. The van der Waals surface area contributed by atoms with Crippen LogP contribution in [0.4, 0.5) is 0 Å². The summed E-state index contributed by atoms with van der Waals surface area (Å²) in [6.45, 7) is 4.47. The van der Waals surface area contributed by atoms with Crippen molar-refractivity contribution in [3.8, 4) is 46.3 Å². The Bertz CT molecular complexity index is 2160. The highest BCUT2D eigenvalue weighted by Gasteiger charge is 2.57. The summed E-state index contributed by atoms with van der Waals surface area (Å²) in [5, 5.41) is 38.5. The lowest BCUT2D eigenvalue weighted by Crippen LogP contribution is -2.68. The van der Waals surface area contributed by atoms with Crippen LogP contribution >= 0.6 is 0 Å². The monoisotopic (exact) mass is 742 g/mol. The van der Waals surface area contributed by atoms with E-state index >= 15 is 0 Å². The summed E-state index contributed by atoms with van der Waals surface area (Å²) in [5.74, 6) is 1.89. The van der Waals surface area contributed by atoms with Gasteiger partial charge < -0.3 is 48.4 Å². The van der Waals surface area contributed by atoms with Crippen molar-refractivity contribution < 1.29 is 47.8 Å². The zero-order valence-electron chi connectivity index (χ0n) is 31.7. The van der Waals surface area contributed by atoms with E-state index in [2.05, 4.69) is 21.2 Å². The van der Waals surface area contributed by atoms with Crippen LogP contribution in [0.2, 0.25) is 0 Å². The predicted molar refractivity (Wildman–Crippen MR) is 197 cm³/mol. The molecule has 1 aromatic heterocycles. The van der Waals surface area contributed by atoms with Gasteiger partial charge in [0, 0.05) is 64.5 Å². The number of likely N-dealkylation sites (N-methyl/N-ethyl adjacent to an activating group) is 1. The quantitative estimate of drug-likeness (QED) is 0.181. The number of hydrogen-bond donors (Lipinski definition) is 3. The molecule has 4 aromatic rings. The smallest absolute Gasteiger partial charge is 0.287 e. The first-order valence-electron chi connectivity index (χ1n) is 17.8. The molecule has 4 heterocycles. The second-order valence-corrected chi connectivity index (χ2v) is 13.9. The van der Waals surface area contributed by atoms with Crippen molar-refractivity contribution in [1.29, 1.82) is 5.26 Å². The lowest BCUT2D eigenvalue weighted by atomic mass is 9.71. The number of rotatable bonds is 11. The number of carbonyl (C=O) groups excluding carboxylic acids is 1. The largest absolute Gasteiger partial charge is 0.504 e. The van der Waals surface area contributed by atoms with Gasteiger partial charge in [-0.1, -0.05) is 0 Å². The van der Waals surface area contributed by atoms with E-state index in [-0.39, 0.29) is 35.6 Å². The van der Waals surface area contributed by atoms with Gasteiger partial charge in [0.1, 0.15) is 35.5 Å². The number of phenols is 2. The van der Waals surface area contributed by atoms with Crippen LogP contribution in [0.1, 0.15) is 56.0 Å². The number of carbonyl (C=O) groups is 1. The maximum absolute atomic E-state index is 13.9. The summed E-state index contributed by atoms with van der Waals surface area (Å²) in [7, 11) is 9.72. The molecule has 0 aliphatic carbocycles. The number of methoxy groups -OCH3 is 5. The molecule has 2 bridgehead atoms. The first kappa shape index (κ1) is 37.0. The summed E-state index contributed by atoms with van der Waals surface area (Å²) < 4.78 is 40.1. The Kier molecular flexibility index (Phi) is 9.91. The van der Waals surface area contributed by atoms with Crippen LogP contribution in [0.3, 0.4) is 0 Å². The zero-order valence-corrected chi connectivity index (χ0v) is 31.7. The van der Waals surface area contributed by atoms with Crippen LogP contribution in [0.25, 0.3) is 11.0 Å². The number of aromatic hydroxyl groups is 2. The second kappa shape index (κ2) is 14.5. The zero-order chi connectivity index (χ0) is 38.6. The van der Waals surface area contributed by atoms with Crippen molar-refractivity contribution in [1.82, 2.24) is 15.1 Å². The standard InChI is InChI=1S/C40H46N4O10/c1-19-36(49-5)23-16-26-33-32-24(37(50-6)20(2)39(52-8)35(32)46)15-25(43(33)3)27(17-41)44(26)28(31(23)34(45)38(19)51-7)18-42-40(47)30-14-21-13-22(53-12-11-48-4)9-10-29(21)54-30/h9-10,13-14,25-28,33,45-46H,11-12,15-16,18H2,1-8H3,(H,42,47)/t25-,26-,27-,28-,33-/m0/s1. The molecule has 54 heavy (non-hydrogen) atoms. The Balaban J connectivity index is 1.34. The van der Waals surface area contributed by atoms with Gasteiger partial charge in [-0.25, -0.2) is 0 Å². The number of amides is 1. The molecule has 14 heteroatoms. The molecule has 1 saturated heterocycles. The van der Waals surface area contributed by atoms with E-state index in [0.29, 0.717) is 82.3 Å². The van der Waals surface area contributed by atoms with Crippen LogP contribution in [-0.2, 0) is 17.6 Å². The normalized spacial score (nSPS) is 21.7. The summed E-state index contributed by atoms with van der Waals surface area (Å²) >= 11 is 0. The van der Waals surface area contributed by atoms with Gasteiger partial charge >= 0.3 is 0 Å². The second-order valence-electron chi connectivity index (χ2n) is 13.9. The summed E-state index contributed by atoms with van der Waals surface area (Å²) in [5.41, 5.74) is 4.51. The summed E-state index contributed by atoms with van der Waals surface area (Å²) in [6.07, 6.45) is 0.747. The molecule has 14 nitrogen and oxygen atoms in total. The topological polar surface area (TPSA) is 168 Å². The lowest BCUT2D eigenvalue weighted by Gasteiger charge is -2.60. The van der Waals surface area contributed by atoms with Crippen LogP contribution in [-0.4, -0.2) is 106 Å². The minimum absolute atomic E-state index is 0.00555. The number of piperazine rings is 1. The molecule has 0 spiro atoms. The van der Waals surface area contributed by atoms with Crippen molar-refractivity contribution in [2.75, 3.05) is 62.4 Å². The summed E-state index contributed by atoms with van der Waals surface area (Å²) in [4.78, 5) is 18.1. The maximum atomic E-state index is 13.9. The number of nitriles is 1. The van der Waals surface area contributed by atoms with E-state index in [1.54, 1.807) is 45.6 Å². The average molecular weight is 743 g/mol. The number of furan rings is 1. The molecule has 7 rings (SSSR count). The number of hydrogen-bond acceptors (Lipinski definition) is 13. The van der Waals surface area contributed by atoms with Gasteiger partial charge in [0.2, 0.25) is 0 Å². The Morgan fingerprint density at radius 1 is 0.889 bits per heavy atom. The molecule has 3 aromatic carbocycles. The predicted octanol–water partition coefficient (Wildman–Crippen LogP) is 4.72. The molecule has 5 atom stereocenters. The number of fused-ring (bicyclic) bond motifs is 8.